The molecule has 1 atom stereocenters. The summed E-state index contributed by atoms with van der Waals surface area (Å²) in [6.45, 7) is 0. The lowest BCUT2D eigenvalue weighted by Gasteiger charge is -2.31. The van der Waals surface area contributed by atoms with E-state index in [9.17, 15) is 14.0 Å². The molecule has 1 aliphatic rings. The Bertz CT molecular complexity index is 1830. The van der Waals surface area contributed by atoms with Crippen LogP contribution in [0.25, 0.3) is 27.8 Å². The topological polar surface area (TPSA) is 61.0 Å². The number of rotatable bonds is 2. The van der Waals surface area contributed by atoms with Crippen molar-refractivity contribution in [1.82, 2.24) is 13.7 Å². The smallest absolute Gasteiger partial charge is 0.331 e. The fraction of sp³-hybridized carbons (Fsp3) is 0.111. The summed E-state index contributed by atoms with van der Waals surface area (Å²) in [7, 11) is 2.86. The molecule has 0 spiro atoms. The molecule has 1 N–H and O–H groups in total. The first-order valence-electron chi connectivity index (χ1n) is 11.2. The van der Waals surface area contributed by atoms with E-state index in [1.807, 2.05) is 0 Å². The fourth-order valence-electron chi connectivity index (χ4n) is 5.10. The predicted octanol–water partition coefficient (Wildman–Crippen LogP) is 4.63. The highest BCUT2D eigenvalue weighted by Crippen LogP contribution is 2.46. The van der Waals surface area contributed by atoms with Gasteiger partial charge in [-0.25, -0.2) is 18.0 Å². The van der Waals surface area contributed by atoms with Gasteiger partial charge in [-0.15, -0.1) is 0 Å². The molecule has 0 aliphatic carbocycles. The third kappa shape index (κ3) is 2.92. The lowest BCUT2D eigenvalue weighted by Crippen LogP contribution is -2.37. The number of aryl methyl sites for hydroxylation is 1. The van der Waals surface area contributed by atoms with E-state index in [1.165, 1.54) is 30.8 Å². The predicted molar refractivity (Wildman–Crippen MR) is 131 cm³/mol. The number of aromatic nitrogens is 3. The highest BCUT2D eigenvalue weighted by Gasteiger charge is 2.36. The number of anilines is 1. The first-order chi connectivity index (χ1) is 17.3. The molecule has 0 saturated carbocycles. The minimum absolute atomic E-state index is 0.111. The normalized spacial score (nSPS) is 14.4. The Balaban J connectivity index is 1.89. The second-order valence-electron chi connectivity index (χ2n) is 8.74. The number of halogens is 3. The molecule has 0 radical (unpaired) electrons. The molecule has 3 aromatic carbocycles. The van der Waals surface area contributed by atoms with Gasteiger partial charge in [-0.2, -0.15) is 0 Å². The minimum Gasteiger partial charge on any atom is -0.371 e. The van der Waals surface area contributed by atoms with Crippen LogP contribution in [-0.4, -0.2) is 13.7 Å². The van der Waals surface area contributed by atoms with Gasteiger partial charge in [-0.05, 0) is 30.3 Å². The van der Waals surface area contributed by atoms with E-state index in [2.05, 4.69) is 5.32 Å². The molecule has 3 heterocycles. The van der Waals surface area contributed by atoms with E-state index in [0.717, 1.165) is 16.7 Å². The molecule has 0 bridgehead atoms. The Morgan fingerprint density at radius 3 is 2.31 bits per heavy atom. The highest BCUT2D eigenvalue weighted by molar-refractivity contribution is 5.99. The van der Waals surface area contributed by atoms with Crippen molar-refractivity contribution in [1.29, 1.82) is 0 Å². The number of benzene rings is 3. The summed E-state index contributed by atoms with van der Waals surface area (Å²) in [5, 5.41) is 3.40. The molecule has 0 unspecified atom stereocenters. The van der Waals surface area contributed by atoms with Crippen molar-refractivity contribution >= 4 is 16.6 Å². The largest absolute Gasteiger partial charge is 0.371 e. The maximum absolute atomic E-state index is 15.3. The van der Waals surface area contributed by atoms with Crippen LogP contribution in [0.2, 0.25) is 0 Å². The molecule has 6 rings (SSSR count). The van der Waals surface area contributed by atoms with Gasteiger partial charge in [0.25, 0.3) is 5.56 Å². The van der Waals surface area contributed by atoms with Crippen molar-refractivity contribution in [3.05, 3.63) is 116 Å². The highest BCUT2D eigenvalue weighted by atomic mass is 19.1. The second kappa shape index (κ2) is 7.74. The molecule has 1 aliphatic heterocycles. The molecule has 6 nitrogen and oxygen atoms in total. The Morgan fingerprint density at radius 2 is 1.56 bits per heavy atom. The summed E-state index contributed by atoms with van der Waals surface area (Å²) in [5.74, 6) is -2.09. The Hall–Kier alpha value is -4.53. The van der Waals surface area contributed by atoms with Gasteiger partial charge in [-0.1, -0.05) is 30.3 Å². The first-order valence-corrected chi connectivity index (χ1v) is 11.2. The number of fused-ring (bicyclic) bond motifs is 5. The van der Waals surface area contributed by atoms with Crippen molar-refractivity contribution in [2.45, 2.75) is 6.04 Å². The SMILES string of the molecule is Cn1c(=O)c2c(-c3ccccc3F)n3c(c2n(C)c1=O)[C@H](c1ccc(F)cc1F)Nc1ccccc1-3. The first kappa shape index (κ1) is 22.0. The van der Waals surface area contributed by atoms with E-state index in [1.54, 1.807) is 47.0 Å². The van der Waals surface area contributed by atoms with Crippen molar-refractivity contribution in [2.75, 3.05) is 5.32 Å². The Kier molecular flexibility index (Phi) is 4.72. The number of hydrogen-bond donors (Lipinski definition) is 1. The monoisotopic (exact) mass is 488 g/mol. The van der Waals surface area contributed by atoms with Crippen molar-refractivity contribution in [3.63, 3.8) is 0 Å². The van der Waals surface area contributed by atoms with Gasteiger partial charge in [0.1, 0.15) is 17.5 Å². The number of nitrogens with one attached hydrogen (secondary N) is 1. The molecule has 5 aromatic rings. The van der Waals surface area contributed by atoms with Crippen molar-refractivity contribution in [2.24, 2.45) is 14.1 Å². The molecular weight excluding hydrogens is 469 g/mol. The van der Waals surface area contributed by atoms with Crippen LogP contribution in [0.5, 0.6) is 0 Å². The van der Waals surface area contributed by atoms with Crippen LogP contribution in [0, 0.1) is 17.5 Å². The zero-order valence-corrected chi connectivity index (χ0v) is 19.2. The standard InChI is InChI=1S/C27H19F3N4O2/c1-32-24-21(26(35)33(2)27(32)36)23(16-7-3-4-8-17(16)29)34-20-10-6-5-9-19(20)31-22(25(24)34)15-12-11-14(28)13-18(15)30/h3-13,22,31H,1-2H3/t22-/m0/s1. The molecule has 180 valence electrons. The van der Waals surface area contributed by atoms with Gasteiger partial charge >= 0.3 is 5.69 Å². The van der Waals surface area contributed by atoms with E-state index in [-0.39, 0.29) is 27.7 Å². The summed E-state index contributed by atoms with van der Waals surface area (Å²) < 4.78 is 48.2. The number of nitrogens with zero attached hydrogens (tertiary/aromatic N) is 3. The molecule has 0 fully saturated rings. The minimum atomic E-state index is -0.916. The summed E-state index contributed by atoms with van der Waals surface area (Å²) >= 11 is 0. The molecule has 2 aromatic heterocycles. The van der Waals surface area contributed by atoms with Crippen LogP contribution in [0.3, 0.4) is 0 Å². The zero-order valence-electron chi connectivity index (χ0n) is 19.2. The fourth-order valence-corrected chi connectivity index (χ4v) is 5.10. The third-order valence-electron chi connectivity index (χ3n) is 6.73. The number of hydrogen-bond acceptors (Lipinski definition) is 3. The second-order valence-corrected chi connectivity index (χ2v) is 8.74. The van der Waals surface area contributed by atoms with Gasteiger partial charge in [0.2, 0.25) is 0 Å². The molecule has 36 heavy (non-hydrogen) atoms. The maximum atomic E-state index is 15.3. The summed E-state index contributed by atoms with van der Waals surface area (Å²) in [5.41, 5.74) is 1.10. The van der Waals surface area contributed by atoms with E-state index < -0.39 is 34.7 Å². The van der Waals surface area contributed by atoms with Gasteiger partial charge in [0.05, 0.1) is 39.7 Å². The average molecular weight is 488 g/mol. The van der Waals surface area contributed by atoms with Crippen LogP contribution < -0.4 is 16.6 Å². The van der Waals surface area contributed by atoms with Crippen LogP contribution >= 0.6 is 0 Å². The maximum Gasteiger partial charge on any atom is 0.331 e. The summed E-state index contributed by atoms with van der Waals surface area (Å²) in [4.78, 5) is 26.6. The zero-order chi connectivity index (χ0) is 25.3. The van der Waals surface area contributed by atoms with Gasteiger partial charge in [-0.3, -0.25) is 13.9 Å². The van der Waals surface area contributed by atoms with Crippen molar-refractivity contribution < 1.29 is 13.2 Å². The average Bonchev–Trinajstić information content (AvgIpc) is 3.23. The summed E-state index contributed by atoms with van der Waals surface area (Å²) in [6, 6.07) is 15.5. The Morgan fingerprint density at radius 1 is 0.833 bits per heavy atom. The van der Waals surface area contributed by atoms with Crippen LogP contribution in [0.1, 0.15) is 17.3 Å². The van der Waals surface area contributed by atoms with E-state index in [4.69, 9.17) is 0 Å². The van der Waals surface area contributed by atoms with Gasteiger partial charge in [0.15, 0.2) is 0 Å². The van der Waals surface area contributed by atoms with E-state index >= 15 is 8.78 Å². The molecule has 0 amide bonds. The van der Waals surface area contributed by atoms with E-state index in [0.29, 0.717) is 17.1 Å². The molecular formula is C27H19F3N4O2. The quantitative estimate of drug-likeness (QED) is 0.394. The lowest BCUT2D eigenvalue weighted by molar-refractivity contribution is 0.566. The van der Waals surface area contributed by atoms with Gasteiger partial charge in [0, 0.05) is 31.3 Å². The molecule has 0 saturated heterocycles. The van der Waals surface area contributed by atoms with Gasteiger partial charge < -0.3 is 9.88 Å². The van der Waals surface area contributed by atoms with Crippen LogP contribution in [0.15, 0.2) is 76.3 Å². The van der Waals surface area contributed by atoms with Crippen LogP contribution in [-0.2, 0) is 14.1 Å². The molecule has 9 heteroatoms. The summed E-state index contributed by atoms with van der Waals surface area (Å²) in [6.07, 6.45) is 0. The van der Waals surface area contributed by atoms with Crippen LogP contribution in [0.4, 0.5) is 18.9 Å². The third-order valence-corrected chi connectivity index (χ3v) is 6.73. The Labute approximate surface area is 202 Å². The van der Waals surface area contributed by atoms with Crippen molar-refractivity contribution in [3.8, 4) is 16.9 Å². The number of para-hydroxylation sites is 2. The lowest BCUT2D eigenvalue weighted by atomic mass is 9.99.